The van der Waals surface area contributed by atoms with Crippen LogP contribution in [0.2, 0.25) is 0 Å². The van der Waals surface area contributed by atoms with Crippen molar-refractivity contribution < 1.29 is 14.4 Å². The number of hydrazine groups is 1. The first-order valence-corrected chi connectivity index (χ1v) is 9.23. The summed E-state index contributed by atoms with van der Waals surface area (Å²) in [5.74, 6) is -0.414. The highest BCUT2D eigenvalue weighted by Crippen LogP contribution is 2.43. The van der Waals surface area contributed by atoms with E-state index in [0.29, 0.717) is 17.9 Å². The molecule has 3 heterocycles. The molecule has 0 radical (unpaired) electrons. The number of piperidine rings is 1. The van der Waals surface area contributed by atoms with Gasteiger partial charge < -0.3 is 0 Å². The second kappa shape index (κ2) is 5.87. The number of rotatable bonds is 3. The summed E-state index contributed by atoms with van der Waals surface area (Å²) in [6.45, 7) is 1.86. The van der Waals surface area contributed by atoms with Gasteiger partial charge in [0.05, 0.1) is 5.69 Å². The zero-order valence-corrected chi connectivity index (χ0v) is 15.0. The van der Waals surface area contributed by atoms with Gasteiger partial charge in [-0.15, -0.1) is 0 Å². The van der Waals surface area contributed by atoms with Crippen molar-refractivity contribution in [2.75, 3.05) is 25.0 Å². The molecule has 3 amide bonds. The molecule has 0 bridgehead atoms. The lowest BCUT2D eigenvalue weighted by Crippen LogP contribution is -2.53. The monoisotopic (exact) mass is 364 g/mol. The topological polar surface area (TPSA) is 81.8 Å². The van der Waals surface area contributed by atoms with Crippen LogP contribution in [0.3, 0.4) is 0 Å². The van der Waals surface area contributed by atoms with E-state index in [0.717, 1.165) is 29.5 Å². The third-order valence-electron chi connectivity index (χ3n) is 5.92. The van der Waals surface area contributed by atoms with Crippen LogP contribution >= 0.6 is 0 Å². The fraction of sp³-hybridized carbons (Fsp3) is 0.350. The van der Waals surface area contributed by atoms with E-state index in [1.54, 1.807) is 4.90 Å². The molecule has 7 heteroatoms. The predicted octanol–water partition coefficient (Wildman–Crippen LogP) is 1.14. The zero-order valence-electron chi connectivity index (χ0n) is 15.0. The number of nitrogens with one attached hydrogen (secondary N) is 2. The van der Waals surface area contributed by atoms with Crippen molar-refractivity contribution in [3.63, 3.8) is 0 Å². The van der Waals surface area contributed by atoms with E-state index in [4.69, 9.17) is 0 Å². The summed E-state index contributed by atoms with van der Waals surface area (Å²) in [7, 11) is 1.92. The van der Waals surface area contributed by atoms with Crippen LogP contribution in [0.1, 0.15) is 34.7 Å². The van der Waals surface area contributed by atoms with E-state index in [1.807, 2.05) is 31.3 Å². The third kappa shape index (κ3) is 2.32. The van der Waals surface area contributed by atoms with Gasteiger partial charge in [-0.25, -0.2) is 5.01 Å². The second-order valence-electron chi connectivity index (χ2n) is 7.37. The first-order chi connectivity index (χ1) is 13.1. The summed E-state index contributed by atoms with van der Waals surface area (Å²) in [4.78, 5) is 38.5. The molecule has 5 rings (SSSR count). The molecule has 27 heavy (non-hydrogen) atoms. The highest BCUT2D eigenvalue weighted by molar-refractivity contribution is 6.27. The van der Waals surface area contributed by atoms with Crippen molar-refractivity contribution in [3.05, 3.63) is 41.5 Å². The molecule has 0 aromatic heterocycles. The third-order valence-corrected chi connectivity index (χ3v) is 5.92. The first-order valence-electron chi connectivity index (χ1n) is 9.23. The quantitative estimate of drug-likeness (QED) is 0.799. The number of benzene rings is 2. The van der Waals surface area contributed by atoms with Gasteiger partial charge in [0.2, 0.25) is 11.8 Å². The molecule has 1 unspecified atom stereocenters. The minimum Gasteiger partial charge on any atom is -0.295 e. The maximum atomic E-state index is 13.1. The Labute approximate surface area is 156 Å². The molecule has 2 aromatic rings. The second-order valence-corrected chi connectivity index (χ2v) is 7.37. The van der Waals surface area contributed by atoms with Crippen LogP contribution in [0.5, 0.6) is 0 Å². The van der Waals surface area contributed by atoms with E-state index < -0.39 is 11.9 Å². The molecule has 138 valence electrons. The van der Waals surface area contributed by atoms with Crippen molar-refractivity contribution in [1.82, 2.24) is 15.8 Å². The van der Waals surface area contributed by atoms with Gasteiger partial charge in [-0.1, -0.05) is 18.2 Å². The molecule has 3 aliphatic rings. The fourth-order valence-electron chi connectivity index (χ4n) is 4.48. The average molecular weight is 364 g/mol. The number of hydrogen-bond donors (Lipinski definition) is 2. The molecule has 2 N–H and O–H groups in total. The van der Waals surface area contributed by atoms with Gasteiger partial charge in [-0.3, -0.25) is 30.0 Å². The summed E-state index contributed by atoms with van der Waals surface area (Å²) in [6.07, 6.45) is 0.604. The number of amides is 3. The van der Waals surface area contributed by atoms with Crippen molar-refractivity contribution in [2.45, 2.75) is 24.8 Å². The van der Waals surface area contributed by atoms with Crippen LogP contribution < -0.4 is 15.6 Å². The Bertz CT molecular complexity index is 996. The lowest BCUT2D eigenvalue weighted by atomic mass is 9.87. The molecule has 3 aliphatic heterocycles. The maximum absolute atomic E-state index is 13.1. The number of carbonyl (C=O) groups excluding carboxylic acids is 3. The Morgan fingerprint density at radius 2 is 1.93 bits per heavy atom. The number of nitrogens with zero attached hydrogens (tertiary/aromatic N) is 2. The number of carbonyl (C=O) groups is 3. The molecule has 2 saturated heterocycles. The lowest BCUT2D eigenvalue weighted by molar-refractivity contribution is -0.134. The molecular weight excluding hydrogens is 344 g/mol. The summed E-state index contributed by atoms with van der Waals surface area (Å²) in [5.41, 5.74) is 5.79. The summed E-state index contributed by atoms with van der Waals surface area (Å²) in [5, 5.41) is 6.51. The fourth-order valence-corrected chi connectivity index (χ4v) is 4.48. The van der Waals surface area contributed by atoms with Crippen molar-refractivity contribution >= 4 is 34.2 Å². The molecule has 7 nitrogen and oxygen atoms in total. The minimum absolute atomic E-state index is 0.160. The van der Waals surface area contributed by atoms with Gasteiger partial charge >= 0.3 is 0 Å². The van der Waals surface area contributed by atoms with Crippen molar-refractivity contribution in [3.8, 4) is 0 Å². The normalized spacial score (nSPS) is 23.1. The molecule has 0 spiro atoms. The predicted molar refractivity (Wildman–Crippen MR) is 100 cm³/mol. The smallest absolute Gasteiger partial charge is 0.259 e. The highest BCUT2D eigenvalue weighted by Gasteiger charge is 2.41. The summed E-state index contributed by atoms with van der Waals surface area (Å²) >= 11 is 0. The standard InChI is InChI=1S/C20H20N4O3/c1-21-23-9-11(10-23)12-5-6-14-18-13(12)3-2-4-15(18)24(20(14)27)16-7-8-17(25)22-19(16)26/h2-6,11,16,21H,7-10H2,1H3,(H,22,25,26). The minimum atomic E-state index is -0.639. The van der Waals surface area contributed by atoms with Gasteiger partial charge in [0.15, 0.2) is 0 Å². The number of hydrogen-bond acceptors (Lipinski definition) is 5. The van der Waals surface area contributed by atoms with Crippen LogP contribution in [0, 0.1) is 0 Å². The summed E-state index contributed by atoms with van der Waals surface area (Å²) in [6, 6.07) is 9.19. The Morgan fingerprint density at radius 1 is 1.11 bits per heavy atom. The lowest BCUT2D eigenvalue weighted by Gasteiger charge is -2.39. The first kappa shape index (κ1) is 16.4. The number of anilines is 1. The molecule has 1 atom stereocenters. The largest absolute Gasteiger partial charge is 0.295 e. The molecule has 2 aromatic carbocycles. The Morgan fingerprint density at radius 3 is 2.67 bits per heavy atom. The van der Waals surface area contributed by atoms with Gasteiger partial charge in [-0.2, -0.15) is 0 Å². The molecule has 2 fully saturated rings. The Balaban J connectivity index is 1.58. The SMILES string of the molecule is CNN1CC(c2ccc3c4c(cccc24)N(C2CCC(=O)NC2=O)C3=O)C1. The van der Waals surface area contributed by atoms with E-state index in [9.17, 15) is 14.4 Å². The van der Waals surface area contributed by atoms with Crippen molar-refractivity contribution in [2.24, 2.45) is 0 Å². The molecule has 0 aliphatic carbocycles. The van der Waals surface area contributed by atoms with E-state index in [2.05, 4.69) is 21.8 Å². The van der Waals surface area contributed by atoms with Gasteiger partial charge in [0, 0.05) is 36.4 Å². The van der Waals surface area contributed by atoms with E-state index >= 15 is 0 Å². The summed E-state index contributed by atoms with van der Waals surface area (Å²) < 4.78 is 0. The number of imide groups is 1. The van der Waals surface area contributed by atoms with Gasteiger partial charge in [0.1, 0.15) is 6.04 Å². The van der Waals surface area contributed by atoms with Crippen molar-refractivity contribution in [1.29, 1.82) is 0 Å². The van der Waals surface area contributed by atoms with Crippen LogP contribution in [0.4, 0.5) is 5.69 Å². The zero-order chi connectivity index (χ0) is 18.7. The van der Waals surface area contributed by atoms with Gasteiger partial charge in [-0.05, 0) is 36.6 Å². The maximum Gasteiger partial charge on any atom is 0.259 e. The van der Waals surface area contributed by atoms with Crippen LogP contribution in [0.25, 0.3) is 10.8 Å². The molecule has 0 saturated carbocycles. The Hall–Kier alpha value is -2.77. The molecular formula is C20H20N4O3. The van der Waals surface area contributed by atoms with Crippen LogP contribution in [0.15, 0.2) is 30.3 Å². The van der Waals surface area contributed by atoms with E-state index in [-0.39, 0.29) is 18.2 Å². The van der Waals surface area contributed by atoms with Crippen LogP contribution in [-0.4, -0.2) is 48.9 Å². The van der Waals surface area contributed by atoms with Gasteiger partial charge in [0.25, 0.3) is 5.91 Å². The Kier molecular flexibility index (Phi) is 3.57. The highest BCUT2D eigenvalue weighted by atomic mass is 16.2. The average Bonchev–Trinajstić information content (AvgIpc) is 2.90. The van der Waals surface area contributed by atoms with E-state index in [1.165, 1.54) is 5.56 Å². The van der Waals surface area contributed by atoms with Crippen LogP contribution in [-0.2, 0) is 9.59 Å².